The molecule has 1 fully saturated rings. The fraction of sp³-hybridized carbons (Fsp3) is 0.900. The Bertz CT molecular complexity index is 195. The zero-order valence-corrected chi connectivity index (χ0v) is 7.88. The van der Waals surface area contributed by atoms with Crippen LogP contribution in [-0.4, -0.2) is 11.2 Å². The molecule has 1 rings (SSSR count). The fourth-order valence-corrected chi connectivity index (χ4v) is 2.25. The Balaban J connectivity index is 2.83. The van der Waals surface area contributed by atoms with Crippen molar-refractivity contribution in [2.45, 2.75) is 45.6 Å². The summed E-state index contributed by atoms with van der Waals surface area (Å²) in [7, 11) is 0. The molecule has 3 unspecified atom stereocenters. The maximum Gasteiger partial charge on any atom is 0.0854 e. The summed E-state index contributed by atoms with van der Waals surface area (Å²) >= 11 is 0. The van der Waals surface area contributed by atoms with Crippen LogP contribution in [0.15, 0.2) is 0 Å². The average Bonchev–Trinajstić information content (AvgIpc) is 2.05. The molecule has 68 valence electrons. The molecule has 1 aliphatic carbocycles. The highest BCUT2D eigenvalue weighted by Gasteiger charge is 2.42. The van der Waals surface area contributed by atoms with Gasteiger partial charge in [0.1, 0.15) is 0 Å². The van der Waals surface area contributed by atoms with E-state index < -0.39 is 11.5 Å². The summed E-state index contributed by atoms with van der Waals surface area (Å²) in [5.41, 5.74) is -0.460. The smallest absolute Gasteiger partial charge is 0.0854 e. The number of nitriles is 1. The lowest BCUT2D eigenvalue weighted by molar-refractivity contribution is 0.0140. The lowest BCUT2D eigenvalue weighted by Crippen LogP contribution is -2.40. The van der Waals surface area contributed by atoms with Crippen LogP contribution in [0.5, 0.6) is 0 Å². The van der Waals surface area contributed by atoms with Crippen LogP contribution in [0.1, 0.15) is 39.5 Å². The van der Waals surface area contributed by atoms with Crippen molar-refractivity contribution in [3.63, 3.8) is 0 Å². The lowest BCUT2D eigenvalue weighted by atomic mass is 9.65. The average molecular weight is 167 g/mol. The summed E-state index contributed by atoms with van der Waals surface area (Å²) in [6.45, 7) is 3.82. The minimum absolute atomic E-state index is 0.344. The summed E-state index contributed by atoms with van der Waals surface area (Å²) in [5.74, 6) is 0.344. The minimum atomic E-state index is -0.488. The van der Waals surface area contributed by atoms with Gasteiger partial charge in [-0.3, -0.25) is 0 Å². The number of hydrogen-bond donors (Lipinski definition) is 1. The Morgan fingerprint density at radius 2 is 2.25 bits per heavy atom. The number of hydrogen-bond acceptors (Lipinski definition) is 2. The fourth-order valence-electron chi connectivity index (χ4n) is 2.25. The number of aliphatic hydroxyl groups excluding tert-OH is 1. The maximum atomic E-state index is 9.58. The SMILES string of the molecule is CC(O)C1(C#N)CCCCC1C. The second-order valence-corrected chi connectivity index (χ2v) is 3.97. The van der Waals surface area contributed by atoms with E-state index in [1.165, 1.54) is 6.42 Å². The molecule has 0 amide bonds. The van der Waals surface area contributed by atoms with Gasteiger partial charge in [0.05, 0.1) is 17.6 Å². The predicted octanol–water partition coefficient (Wildman–Crippen LogP) is 2.09. The second-order valence-electron chi connectivity index (χ2n) is 3.97. The molecule has 12 heavy (non-hydrogen) atoms. The highest BCUT2D eigenvalue weighted by atomic mass is 16.3. The molecule has 0 spiro atoms. The highest BCUT2D eigenvalue weighted by molar-refractivity contribution is 5.06. The van der Waals surface area contributed by atoms with Crippen LogP contribution in [0.4, 0.5) is 0 Å². The van der Waals surface area contributed by atoms with E-state index in [0.717, 1.165) is 19.3 Å². The number of rotatable bonds is 1. The molecule has 0 radical (unpaired) electrons. The molecule has 0 heterocycles. The summed E-state index contributed by atoms with van der Waals surface area (Å²) in [4.78, 5) is 0. The van der Waals surface area contributed by atoms with Crippen molar-refractivity contribution < 1.29 is 5.11 Å². The van der Waals surface area contributed by atoms with Gasteiger partial charge in [-0.15, -0.1) is 0 Å². The Morgan fingerprint density at radius 1 is 1.58 bits per heavy atom. The van der Waals surface area contributed by atoms with E-state index in [9.17, 15) is 5.11 Å². The van der Waals surface area contributed by atoms with Crippen molar-refractivity contribution in [1.82, 2.24) is 0 Å². The van der Waals surface area contributed by atoms with E-state index in [1.54, 1.807) is 6.92 Å². The van der Waals surface area contributed by atoms with Crippen molar-refractivity contribution in [3.8, 4) is 6.07 Å². The first-order valence-electron chi connectivity index (χ1n) is 4.73. The van der Waals surface area contributed by atoms with Gasteiger partial charge in [0, 0.05) is 0 Å². The van der Waals surface area contributed by atoms with Crippen molar-refractivity contribution in [3.05, 3.63) is 0 Å². The summed E-state index contributed by atoms with van der Waals surface area (Å²) in [5, 5.41) is 18.6. The van der Waals surface area contributed by atoms with E-state index in [-0.39, 0.29) is 0 Å². The van der Waals surface area contributed by atoms with Crippen LogP contribution in [-0.2, 0) is 0 Å². The topological polar surface area (TPSA) is 44.0 Å². The maximum absolute atomic E-state index is 9.58. The normalized spacial score (nSPS) is 38.7. The van der Waals surface area contributed by atoms with Crippen LogP contribution in [0.3, 0.4) is 0 Å². The third kappa shape index (κ3) is 1.34. The van der Waals surface area contributed by atoms with Gasteiger partial charge in [-0.2, -0.15) is 5.26 Å². The highest BCUT2D eigenvalue weighted by Crippen LogP contribution is 2.43. The zero-order valence-electron chi connectivity index (χ0n) is 7.88. The van der Waals surface area contributed by atoms with E-state index >= 15 is 0 Å². The van der Waals surface area contributed by atoms with Gasteiger partial charge in [0.2, 0.25) is 0 Å². The minimum Gasteiger partial charge on any atom is -0.392 e. The Hall–Kier alpha value is -0.550. The van der Waals surface area contributed by atoms with Gasteiger partial charge in [-0.25, -0.2) is 0 Å². The molecule has 1 N–H and O–H groups in total. The van der Waals surface area contributed by atoms with Crippen molar-refractivity contribution in [2.75, 3.05) is 0 Å². The van der Waals surface area contributed by atoms with Crippen molar-refractivity contribution in [2.24, 2.45) is 11.3 Å². The molecule has 1 saturated carbocycles. The van der Waals surface area contributed by atoms with Gasteiger partial charge in [0.25, 0.3) is 0 Å². The van der Waals surface area contributed by atoms with Crippen LogP contribution >= 0.6 is 0 Å². The first-order chi connectivity index (χ1) is 5.63. The van der Waals surface area contributed by atoms with Crippen LogP contribution in [0.25, 0.3) is 0 Å². The molecule has 0 aromatic rings. The largest absolute Gasteiger partial charge is 0.392 e. The van der Waals surface area contributed by atoms with E-state index in [1.807, 2.05) is 0 Å². The molecule has 0 bridgehead atoms. The molecule has 0 saturated heterocycles. The van der Waals surface area contributed by atoms with Crippen LogP contribution < -0.4 is 0 Å². The number of aliphatic hydroxyl groups is 1. The molecular weight excluding hydrogens is 150 g/mol. The number of nitrogens with zero attached hydrogens (tertiary/aromatic N) is 1. The summed E-state index contributed by atoms with van der Waals surface area (Å²) < 4.78 is 0. The first-order valence-corrected chi connectivity index (χ1v) is 4.73. The van der Waals surface area contributed by atoms with Gasteiger partial charge < -0.3 is 5.11 Å². The monoisotopic (exact) mass is 167 g/mol. The van der Waals surface area contributed by atoms with Gasteiger partial charge >= 0.3 is 0 Å². The molecule has 2 nitrogen and oxygen atoms in total. The van der Waals surface area contributed by atoms with Crippen LogP contribution in [0, 0.1) is 22.7 Å². The van der Waals surface area contributed by atoms with E-state index in [2.05, 4.69) is 13.0 Å². The quantitative estimate of drug-likeness (QED) is 0.649. The summed E-state index contributed by atoms with van der Waals surface area (Å²) in [6.07, 6.45) is 3.75. The third-order valence-corrected chi connectivity index (χ3v) is 3.31. The van der Waals surface area contributed by atoms with Gasteiger partial charge in [-0.1, -0.05) is 19.8 Å². The Labute approximate surface area is 74.2 Å². The van der Waals surface area contributed by atoms with Gasteiger partial charge in [-0.05, 0) is 25.7 Å². The molecule has 3 atom stereocenters. The zero-order chi connectivity index (χ0) is 9.19. The molecule has 2 heteroatoms. The Kier molecular flexibility index (Phi) is 2.74. The van der Waals surface area contributed by atoms with E-state index in [0.29, 0.717) is 5.92 Å². The third-order valence-electron chi connectivity index (χ3n) is 3.31. The van der Waals surface area contributed by atoms with Crippen LogP contribution in [0.2, 0.25) is 0 Å². The standard InChI is InChI=1S/C10H17NO/c1-8-5-3-4-6-10(8,7-11)9(2)12/h8-9,12H,3-6H2,1-2H3. The predicted molar refractivity (Wildman–Crippen MR) is 47.4 cm³/mol. The van der Waals surface area contributed by atoms with Crippen molar-refractivity contribution in [1.29, 1.82) is 5.26 Å². The molecule has 0 aromatic carbocycles. The second kappa shape index (κ2) is 3.45. The summed E-state index contributed by atoms with van der Waals surface area (Å²) in [6, 6.07) is 2.32. The molecule has 1 aliphatic rings. The molecule has 0 aromatic heterocycles. The first kappa shape index (κ1) is 9.54. The molecular formula is C10H17NO. The lowest BCUT2D eigenvalue weighted by Gasteiger charge is -2.39. The molecule has 0 aliphatic heterocycles. The van der Waals surface area contributed by atoms with Gasteiger partial charge in [0.15, 0.2) is 0 Å². The van der Waals surface area contributed by atoms with E-state index in [4.69, 9.17) is 5.26 Å². The van der Waals surface area contributed by atoms with Crippen molar-refractivity contribution >= 4 is 0 Å². The Morgan fingerprint density at radius 3 is 2.58 bits per heavy atom.